The Hall–Kier alpha value is -2.20. The molecule has 0 saturated carbocycles. The highest BCUT2D eigenvalue weighted by atomic mass is 19.3. The van der Waals surface area contributed by atoms with Crippen LogP contribution in [0.4, 0.5) is 8.78 Å². The number of halogens is 2. The number of ether oxygens (including phenoxy) is 2. The second kappa shape index (κ2) is 7.55. The molecule has 0 aliphatic carbocycles. The zero-order valence-electron chi connectivity index (χ0n) is 11.6. The van der Waals surface area contributed by atoms with Gasteiger partial charge in [0.05, 0.1) is 13.7 Å². The molecule has 0 amide bonds. The second-order valence-corrected chi connectivity index (χ2v) is 4.45. The predicted octanol–water partition coefficient (Wildman–Crippen LogP) is 4.73. The Labute approximate surface area is 122 Å². The van der Waals surface area contributed by atoms with Crippen LogP contribution in [0, 0.1) is 0 Å². The fourth-order valence-electron chi connectivity index (χ4n) is 1.93. The third kappa shape index (κ3) is 4.68. The van der Waals surface area contributed by atoms with E-state index in [-0.39, 0.29) is 6.61 Å². The van der Waals surface area contributed by atoms with E-state index >= 15 is 0 Å². The van der Waals surface area contributed by atoms with E-state index in [0.717, 1.165) is 11.6 Å². The van der Waals surface area contributed by atoms with Crippen molar-refractivity contribution < 1.29 is 18.3 Å². The molecule has 2 rings (SSSR count). The van der Waals surface area contributed by atoms with Crippen LogP contribution in [-0.4, -0.2) is 7.11 Å². The van der Waals surface area contributed by atoms with Crippen LogP contribution in [0.3, 0.4) is 0 Å². The van der Waals surface area contributed by atoms with Crippen LogP contribution in [0.15, 0.2) is 66.8 Å². The minimum Gasteiger partial charge on any atom is -0.497 e. The van der Waals surface area contributed by atoms with Gasteiger partial charge in [0.1, 0.15) is 11.9 Å². The molecule has 0 bridgehead atoms. The Balaban J connectivity index is 2.16. The lowest BCUT2D eigenvalue weighted by Crippen LogP contribution is -2.03. The number of methoxy groups -OCH3 is 1. The SMILES string of the molecule is COc1cccc([C@@H](C=C(F)F)OCc2ccccc2)c1. The summed E-state index contributed by atoms with van der Waals surface area (Å²) >= 11 is 0. The molecule has 0 aromatic heterocycles. The second-order valence-electron chi connectivity index (χ2n) is 4.45. The highest BCUT2D eigenvalue weighted by molar-refractivity contribution is 5.31. The number of benzene rings is 2. The molecule has 110 valence electrons. The molecule has 0 heterocycles. The van der Waals surface area contributed by atoms with E-state index in [9.17, 15) is 8.78 Å². The first kappa shape index (κ1) is 15.2. The van der Waals surface area contributed by atoms with Gasteiger partial charge in [-0.25, -0.2) is 0 Å². The van der Waals surface area contributed by atoms with Crippen molar-refractivity contribution in [3.8, 4) is 5.75 Å². The molecule has 0 aliphatic heterocycles. The average Bonchev–Trinajstić information content (AvgIpc) is 2.52. The van der Waals surface area contributed by atoms with Crippen molar-refractivity contribution in [3.05, 3.63) is 77.9 Å². The van der Waals surface area contributed by atoms with Crippen LogP contribution in [0.25, 0.3) is 0 Å². The van der Waals surface area contributed by atoms with Crippen molar-refractivity contribution in [2.75, 3.05) is 7.11 Å². The summed E-state index contributed by atoms with van der Waals surface area (Å²) < 4.78 is 36.0. The quantitative estimate of drug-likeness (QED) is 0.765. The highest BCUT2D eigenvalue weighted by Gasteiger charge is 2.12. The van der Waals surface area contributed by atoms with Crippen LogP contribution < -0.4 is 4.74 Å². The van der Waals surface area contributed by atoms with Crippen LogP contribution in [-0.2, 0) is 11.3 Å². The van der Waals surface area contributed by atoms with Gasteiger partial charge in [-0.2, -0.15) is 8.78 Å². The molecule has 0 saturated heterocycles. The molecule has 4 heteroatoms. The zero-order valence-corrected chi connectivity index (χ0v) is 11.6. The maximum Gasteiger partial charge on any atom is 0.269 e. The Kier molecular flexibility index (Phi) is 5.46. The average molecular weight is 290 g/mol. The molecule has 0 N–H and O–H groups in total. The fourth-order valence-corrected chi connectivity index (χ4v) is 1.93. The van der Waals surface area contributed by atoms with Crippen molar-refractivity contribution in [2.45, 2.75) is 12.7 Å². The normalized spacial score (nSPS) is 11.8. The molecule has 21 heavy (non-hydrogen) atoms. The Morgan fingerprint density at radius 1 is 1.10 bits per heavy atom. The summed E-state index contributed by atoms with van der Waals surface area (Å²) in [6.07, 6.45) is -1.78. The van der Waals surface area contributed by atoms with Gasteiger partial charge in [-0.15, -0.1) is 0 Å². The minimum atomic E-state index is -1.77. The summed E-state index contributed by atoms with van der Waals surface area (Å²) in [5.74, 6) is 0.605. The molecular weight excluding hydrogens is 274 g/mol. The van der Waals surface area contributed by atoms with Crippen molar-refractivity contribution in [1.29, 1.82) is 0 Å². The molecule has 0 fully saturated rings. The van der Waals surface area contributed by atoms with Gasteiger partial charge in [-0.05, 0) is 23.3 Å². The molecule has 2 nitrogen and oxygen atoms in total. The van der Waals surface area contributed by atoms with Crippen LogP contribution in [0.1, 0.15) is 17.2 Å². The van der Waals surface area contributed by atoms with Gasteiger partial charge in [-0.1, -0.05) is 42.5 Å². The minimum absolute atomic E-state index is 0.256. The lowest BCUT2D eigenvalue weighted by Gasteiger charge is -2.15. The molecule has 0 radical (unpaired) electrons. The van der Waals surface area contributed by atoms with E-state index in [0.29, 0.717) is 11.3 Å². The molecule has 0 aliphatic rings. The molecule has 1 atom stereocenters. The largest absolute Gasteiger partial charge is 0.497 e. The Morgan fingerprint density at radius 3 is 2.52 bits per heavy atom. The fraction of sp³-hybridized carbons (Fsp3) is 0.176. The maximum absolute atomic E-state index is 12.6. The van der Waals surface area contributed by atoms with E-state index in [1.807, 2.05) is 30.3 Å². The highest BCUT2D eigenvalue weighted by Crippen LogP contribution is 2.26. The van der Waals surface area contributed by atoms with Crippen molar-refractivity contribution >= 4 is 0 Å². The summed E-state index contributed by atoms with van der Waals surface area (Å²) in [4.78, 5) is 0. The van der Waals surface area contributed by atoms with Gasteiger partial charge >= 0.3 is 0 Å². The number of hydrogen-bond acceptors (Lipinski definition) is 2. The topological polar surface area (TPSA) is 18.5 Å². The lowest BCUT2D eigenvalue weighted by molar-refractivity contribution is 0.0688. The predicted molar refractivity (Wildman–Crippen MR) is 77.3 cm³/mol. The van der Waals surface area contributed by atoms with Crippen molar-refractivity contribution in [2.24, 2.45) is 0 Å². The first-order valence-electron chi connectivity index (χ1n) is 6.51. The van der Waals surface area contributed by atoms with Crippen LogP contribution >= 0.6 is 0 Å². The lowest BCUT2D eigenvalue weighted by atomic mass is 10.1. The molecular formula is C17H16F2O2. The smallest absolute Gasteiger partial charge is 0.269 e. The van der Waals surface area contributed by atoms with E-state index < -0.39 is 12.2 Å². The summed E-state index contributed by atoms with van der Waals surface area (Å²) in [5, 5.41) is 0. The van der Waals surface area contributed by atoms with E-state index in [2.05, 4.69) is 0 Å². The van der Waals surface area contributed by atoms with E-state index in [1.54, 1.807) is 24.3 Å². The summed E-state index contributed by atoms with van der Waals surface area (Å²) in [6.45, 7) is 0.256. The molecule has 0 unspecified atom stereocenters. The van der Waals surface area contributed by atoms with Gasteiger partial charge in [-0.3, -0.25) is 0 Å². The first-order valence-corrected chi connectivity index (χ1v) is 6.51. The standard InChI is InChI=1S/C17H16F2O2/c1-20-15-9-5-8-14(10-15)16(11-17(18)19)21-12-13-6-3-2-4-7-13/h2-11,16H,12H2,1H3/t16-/m1/s1. The Morgan fingerprint density at radius 2 is 1.86 bits per heavy atom. The van der Waals surface area contributed by atoms with E-state index in [1.165, 1.54) is 7.11 Å². The molecule has 2 aromatic rings. The monoisotopic (exact) mass is 290 g/mol. The first-order chi connectivity index (χ1) is 10.2. The zero-order chi connectivity index (χ0) is 15.1. The molecule has 2 aromatic carbocycles. The third-order valence-corrected chi connectivity index (χ3v) is 2.97. The van der Waals surface area contributed by atoms with Gasteiger partial charge in [0.25, 0.3) is 6.08 Å². The maximum atomic E-state index is 12.6. The van der Waals surface area contributed by atoms with Crippen molar-refractivity contribution in [3.63, 3.8) is 0 Å². The summed E-state index contributed by atoms with van der Waals surface area (Å²) in [6, 6.07) is 16.4. The number of rotatable bonds is 6. The van der Waals surface area contributed by atoms with Gasteiger partial charge in [0.2, 0.25) is 0 Å². The summed E-state index contributed by atoms with van der Waals surface area (Å²) in [5.41, 5.74) is 1.55. The van der Waals surface area contributed by atoms with Crippen LogP contribution in [0.5, 0.6) is 5.75 Å². The van der Waals surface area contributed by atoms with Gasteiger partial charge < -0.3 is 9.47 Å². The summed E-state index contributed by atoms with van der Waals surface area (Å²) in [7, 11) is 1.53. The number of hydrogen-bond donors (Lipinski definition) is 0. The van der Waals surface area contributed by atoms with Gasteiger partial charge in [0.15, 0.2) is 0 Å². The Bertz CT molecular complexity index is 593. The van der Waals surface area contributed by atoms with Gasteiger partial charge in [0, 0.05) is 6.08 Å². The van der Waals surface area contributed by atoms with Crippen LogP contribution in [0.2, 0.25) is 0 Å². The van der Waals surface area contributed by atoms with Crippen molar-refractivity contribution in [1.82, 2.24) is 0 Å². The third-order valence-electron chi connectivity index (χ3n) is 2.97. The molecule has 0 spiro atoms. The van der Waals surface area contributed by atoms with E-state index in [4.69, 9.17) is 9.47 Å².